The molecule has 0 spiro atoms. The Balaban J connectivity index is 3.65. The van der Waals surface area contributed by atoms with E-state index in [1.807, 2.05) is 6.92 Å². The molecule has 0 rings (SSSR count). The van der Waals surface area contributed by atoms with Crippen LogP contribution >= 0.6 is 0 Å². The van der Waals surface area contributed by atoms with Crippen molar-refractivity contribution in [1.82, 2.24) is 0 Å². The fourth-order valence-electron chi connectivity index (χ4n) is 0.821. The molecule has 2 nitrogen and oxygen atoms in total. The summed E-state index contributed by atoms with van der Waals surface area (Å²) in [6, 6.07) is 0. The lowest BCUT2D eigenvalue weighted by molar-refractivity contribution is 0.0229. The summed E-state index contributed by atoms with van der Waals surface area (Å²) in [4.78, 5) is 0. The second-order valence-electron chi connectivity index (χ2n) is 4.54. The third-order valence-corrected chi connectivity index (χ3v) is 1.74. The topological polar surface area (TPSA) is 18.5 Å². The molecule has 0 heterocycles. The molecule has 0 saturated carbocycles. The molecule has 84 valence electrons. The predicted molar refractivity (Wildman–Crippen MR) is 60.2 cm³/mol. The zero-order valence-electron chi connectivity index (χ0n) is 10.2. The molecule has 0 aliphatic carbocycles. The average Bonchev–Trinajstić information content (AvgIpc) is 2.09. The molecule has 14 heavy (non-hydrogen) atoms. The van der Waals surface area contributed by atoms with Crippen LogP contribution in [0.4, 0.5) is 0 Å². The highest BCUT2D eigenvalue weighted by Gasteiger charge is 2.09. The van der Waals surface area contributed by atoms with E-state index >= 15 is 0 Å². The highest BCUT2D eigenvalue weighted by molar-refractivity contribution is 4.90. The third kappa shape index (κ3) is 6.96. The minimum Gasteiger partial charge on any atom is -0.496 e. The molecule has 0 aliphatic rings. The Bertz CT molecular complexity index is 162. The molecule has 1 atom stereocenters. The van der Waals surface area contributed by atoms with Gasteiger partial charge in [0.05, 0.1) is 6.61 Å². The minimum atomic E-state index is -0.00356. The summed E-state index contributed by atoms with van der Waals surface area (Å²) in [5.41, 5.74) is 0. The highest BCUT2D eigenvalue weighted by atomic mass is 16.5. The van der Waals surface area contributed by atoms with Gasteiger partial charge in [-0.1, -0.05) is 34.3 Å². The minimum absolute atomic E-state index is 0.00356. The fourth-order valence-corrected chi connectivity index (χ4v) is 0.821. The molecule has 2 heteroatoms. The van der Waals surface area contributed by atoms with E-state index < -0.39 is 0 Å². The first kappa shape index (κ1) is 13.5. The van der Waals surface area contributed by atoms with E-state index in [4.69, 9.17) is 9.47 Å². The van der Waals surface area contributed by atoms with Crippen molar-refractivity contribution in [3.05, 3.63) is 12.3 Å². The van der Waals surface area contributed by atoms with Crippen LogP contribution < -0.4 is 0 Å². The van der Waals surface area contributed by atoms with Gasteiger partial charge in [-0.2, -0.15) is 0 Å². The van der Waals surface area contributed by atoms with E-state index in [-0.39, 0.29) is 6.10 Å². The molecule has 0 amide bonds. The van der Waals surface area contributed by atoms with Gasteiger partial charge in [0, 0.05) is 6.61 Å². The number of rotatable bonds is 7. The van der Waals surface area contributed by atoms with Gasteiger partial charge in [0.25, 0.3) is 0 Å². The van der Waals surface area contributed by atoms with Gasteiger partial charge in [-0.15, -0.1) is 0 Å². The summed E-state index contributed by atoms with van der Waals surface area (Å²) in [5.74, 6) is 1.82. The molecule has 0 aromatic carbocycles. The molecule has 0 saturated heterocycles. The van der Waals surface area contributed by atoms with Crippen molar-refractivity contribution in [2.24, 2.45) is 11.8 Å². The number of hydrogen-bond donors (Lipinski definition) is 0. The van der Waals surface area contributed by atoms with Crippen LogP contribution in [0.25, 0.3) is 0 Å². The van der Waals surface area contributed by atoms with Crippen LogP contribution in [0.15, 0.2) is 12.3 Å². The molecular formula is C12H24O2. The van der Waals surface area contributed by atoms with E-state index in [1.54, 1.807) is 0 Å². The van der Waals surface area contributed by atoms with E-state index in [0.29, 0.717) is 18.4 Å². The lowest BCUT2D eigenvalue weighted by atomic mass is 10.2. The number of ether oxygens (including phenoxy) is 2. The lowest BCUT2D eigenvalue weighted by Gasteiger charge is -2.18. The summed E-state index contributed by atoms with van der Waals surface area (Å²) < 4.78 is 11.1. The van der Waals surface area contributed by atoms with Gasteiger partial charge in [-0.3, -0.25) is 0 Å². The second-order valence-corrected chi connectivity index (χ2v) is 4.54. The molecular weight excluding hydrogens is 176 g/mol. The van der Waals surface area contributed by atoms with Gasteiger partial charge in [0.1, 0.15) is 11.9 Å². The van der Waals surface area contributed by atoms with Gasteiger partial charge in [0.2, 0.25) is 0 Å². The molecule has 1 unspecified atom stereocenters. The Morgan fingerprint density at radius 3 is 1.93 bits per heavy atom. The summed E-state index contributed by atoms with van der Waals surface area (Å²) in [7, 11) is 0. The van der Waals surface area contributed by atoms with Crippen molar-refractivity contribution in [1.29, 1.82) is 0 Å². The lowest BCUT2D eigenvalue weighted by Crippen LogP contribution is -2.17. The zero-order chi connectivity index (χ0) is 11.1. The highest BCUT2D eigenvalue weighted by Crippen LogP contribution is 2.09. The summed E-state index contributed by atoms with van der Waals surface area (Å²) in [5, 5.41) is 0. The predicted octanol–water partition coefficient (Wildman–Crippen LogP) is 3.23. The van der Waals surface area contributed by atoms with Gasteiger partial charge in [0.15, 0.2) is 0 Å². The van der Waals surface area contributed by atoms with Gasteiger partial charge >= 0.3 is 0 Å². The summed E-state index contributed by atoms with van der Waals surface area (Å²) >= 11 is 0. The van der Waals surface area contributed by atoms with Crippen molar-refractivity contribution in [2.45, 2.75) is 40.7 Å². The Hall–Kier alpha value is -0.500. The maximum Gasteiger partial charge on any atom is 0.117 e. The van der Waals surface area contributed by atoms with E-state index in [2.05, 4.69) is 34.3 Å². The van der Waals surface area contributed by atoms with Crippen molar-refractivity contribution < 1.29 is 9.47 Å². The smallest absolute Gasteiger partial charge is 0.117 e. The molecule has 0 bridgehead atoms. The van der Waals surface area contributed by atoms with Crippen molar-refractivity contribution in [3.8, 4) is 0 Å². The Morgan fingerprint density at radius 1 is 1.00 bits per heavy atom. The van der Waals surface area contributed by atoms with E-state index in [0.717, 1.165) is 12.4 Å². The molecule has 0 fully saturated rings. The SMILES string of the molecule is C=C(OCC(C)C)C(C)OCC(C)C. The van der Waals surface area contributed by atoms with Crippen LogP contribution in [0.1, 0.15) is 34.6 Å². The van der Waals surface area contributed by atoms with Crippen LogP contribution in [0.3, 0.4) is 0 Å². The standard InChI is InChI=1S/C12H24O2/c1-9(2)7-13-11(5)12(6)14-8-10(3)4/h9-10,12H,5,7-8H2,1-4,6H3. The van der Waals surface area contributed by atoms with Gasteiger partial charge in [-0.05, 0) is 18.8 Å². The van der Waals surface area contributed by atoms with Gasteiger partial charge < -0.3 is 9.47 Å². The van der Waals surface area contributed by atoms with Crippen LogP contribution in [0.5, 0.6) is 0 Å². The van der Waals surface area contributed by atoms with E-state index in [9.17, 15) is 0 Å². The quantitative estimate of drug-likeness (QED) is 0.587. The molecule has 0 aromatic heterocycles. The summed E-state index contributed by atoms with van der Waals surface area (Å²) in [6.45, 7) is 15.8. The molecule has 0 aromatic rings. The molecule has 0 N–H and O–H groups in total. The zero-order valence-corrected chi connectivity index (χ0v) is 10.2. The van der Waals surface area contributed by atoms with Crippen LogP contribution in [-0.4, -0.2) is 19.3 Å². The first-order valence-electron chi connectivity index (χ1n) is 5.36. The average molecular weight is 200 g/mol. The normalized spacial score (nSPS) is 13.4. The Labute approximate surface area is 88.3 Å². The first-order valence-corrected chi connectivity index (χ1v) is 5.36. The van der Waals surface area contributed by atoms with Crippen LogP contribution in [0, 0.1) is 11.8 Å². The largest absolute Gasteiger partial charge is 0.496 e. The van der Waals surface area contributed by atoms with Crippen molar-refractivity contribution in [2.75, 3.05) is 13.2 Å². The third-order valence-electron chi connectivity index (χ3n) is 1.74. The van der Waals surface area contributed by atoms with Gasteiger partial charge in [-0.25, -0.2) is 0 Å². The van der Waals surface area contributed by atoms with Crippen LogP contribution in [0.2, 0.25) is 0 Å². The fraction of sp³-hybridized carbons (Fsp3) is 0.833. The monoisotopic (exact) mass is 200 g/mol. The number of hydrogen-bond acceptors (Lipinski definition) is 2. The summed E-state index contributed by atoms with van der Waals surface area (Å²) in [6.07, 6.45) is -0.00356. The maximum absolute atomic E-state index is 5.57. The maximum atomic E-state index is 5.57. The van der Waals surface area contributed by atoms with Crippen molar-refractivity contribution >= 4 is 0 Å². The van der Waals surface area contributed by atoms with E-state index in [1.165, 1.54) is 0 Å². The molecule has 0 radical (unpaired) electrons. The first-order chi connectivity index (χ1) is 6.43. The second kappa shape index (κ2) is 6.88. The molecule has 0 aliphatic heterocycles. The van der Waals surface area contributed by atoms with Crippen LogP contribution in [-0.2, 0) is 9.47 Å². The Kier molecular flexibility index (Phi) is 6.64. The Morgan fingerprint density at radius 2 is 1.50 bits per heavy atom. The van der Waals surface area contributed by atoms with Crippen molar-refractivity contribution in [3.63, 3.8) is 0 Å².